The second-order valence-corrected chi connectivity index (χ2v) is 10.1. The molecule has 0 fully saturated rings. The van der Waals surface area contributed by atoms with Crippen LogP contribution in [0, 0.1) is 6.92 Å². The molecule has 0 saturated heterocycles. The van der Waals surface area contributed by atoms with Gasteiger partial charge in [-0.3, -0.25) is 14.5 Å². The van der Waals surface area contributed by atoms with Crippen LogP contribution in [0.2, 0.25) is 0 Å². The van der Waals surface area contributed by atoms with Crippen molar-refractivity contribution < 1.29 is 18.0 Å². The predicted molar refractivity (Wildman–Crippen MR) is 126 cm³/mol. The lowest BCUT2D eigenvalue weighted by atomic mass is 10.1. The molecule has 0 spiro atoms. The average molecular weight is 481 g/mol. The molecule has 0 aromatic heterocycles. The van der Waals surface area contributed by atoms with Gasteiger partial charge in [0.1, 0.15) is 6.17 Å². The number of halogens is 1. The summed E-state index contributed by atoms with van der Waals surface area (Å²) in [6.45, 7) is 5.45. The van der Waals surface area contributed by atoms with Crippen LogP contribution in [-0.4, -0.2) is 35.6 Å². The number of nitrogens with zero attached hydrogens (tertiary/aromatic N) is 2. The van der Waals surface area contributed by atoms with Crippen LogP contribution in [0.1, 0.15) is 31.8 Å². The maximum absolute atomic E-state index is 13.8. The Bertz CT molecular complexity index is 1300. The van der Waals surface area contributed by atoms with Gasteiger partial charge in [0.25, 0.3) is 11.8 Å². The van der Waals surface area contributed by atoms with E-state index in [-0.39, 0.29) is 27.6 Å². The summed E-state index contributed by atoms with van der Waals surface area (Å²) < 4.78 is 28.7. The molecule has 0 bridgehead atoms. The second kappa shape index (κ2) is 8.94. The summed E-state index contributed by atoms with van der Waals surface area (Å²) in [6.07, 6.45) is -1.43. The number of carbonyl (C=O) groups is 2. The van der Waals surface area contributed by atoms with Gasteiger partial charge >= 0.3 is 0 Å². The van der Waals surface area contributed by atoms with E-state index in [1.54, 1.807) is 48.5 Å². The lowest BCUT2D eigenvalue weighted by Crippen LogP contribution is -2.52. The zero-order chi connectivity index (χ0) is 23.8. The fourth-order valence-corrected chi connectivity index (χ4v) is 5.59. The number of benzene rings is 3. The topological polar surface area (TPSA) is 74.8 Å². The van der Waals surface area contributed by atoms with Crippen LogP contribution >= 0.6 is 11.6 Å². The highest BCUT2D eigenvalue weighted by Gasteiger charge is 2.46. The van der Waals surface area contributed by atoms with Crippen LogP contribution in [0.4, 0.5) is 0 Å². The summed E-state index contributed by atoms with van der Waals surface area (Å²) in [5.41, 5.74) is 1.94. The summed E-state index contributed by atoms with van der Waals surface area (Å²) in [5.74, 6) is -1.25. The number of hydrogen-bond donors (Lipinski definition) is 0. The second-order valence-electron chi connectivity index (χ2n) is 7.70. The van der Waals surface area contributed by atoms with Gasteiger partial charge in [-0.1, -0.05) is 78.3 Å². The molecule has 168 valence electrons. The molecule has 3 aromatic carbocycles. The van der Waals surface area contributed by atoms with Gasteiger partial charge in [0.05, 0.1) is 16.0 Å². The summed E-state index contributed by atoms with van der Waals surface area (Å²) >= 11 is 6.33. The minimum Gasteiger partial charge on any atom is -0.269 e. The van der Waals surface area contributed by atoms with Gasteiger partial charge in [-0.05, 0) is 36.8 Å². The van der Waals surface area contributed by atoms with Crippen LogP contribution in [0.3, 0.4) is 0 Å². The number of hydrogen-bond acceptors (Lipinski definition) is 4. The molecule has 8 heteroatoms. The lowest BCUT2D eigenvalue weighted by Gasteiger charge is -2.35. The predicted octanol–water partition coefficient (Wildman–Crippen LogP) is 4.56. The van der Waals surface area contributed by atoms with Gasteiger partial charge in [0.2, 0.25) is 10.0 Å². The van der Waals surface area contributed by atoms with Crippen molar-refractivity contribution in [1.29, 1.82) is 0 Å². The Morgan fingerprint density at radius 3 is 1.94 bits per heavy atom. The van der Waals surface area contributed by atoms with Crippen molar-refractivity contribution in [2.24, 2.45) is 0 Å². The highest BCUT2D eigenvalue weighted by Crippen LogP contribution is 2.33. The SMILES string of the molecule is C=C(Cl)C(N1C(=O)c2ccccc2C1=O)N(Cc1ccccc1)S(=O)(=O)c1ccc(C)cc1. The van der Waals surface area contributed by atoms with E-state index in [4.69, 9.17) is 11.6 Å². The van der Waals surface area contributed by atoms with Crippen molar-refractivity contribution in [2.45, 2.75) is 24.5 Å². The van der Waals surface area contributed by atoms with Gasteiger partial charge in [-0.25, -0.2) is 8.42 Å². The van der Waals surface area contributed by atoms with Crippen LogP contribution < -0.4 is 0 Å². The minimum absolute atomic E-state index is 0.0172. The van der Waals surface area contributed by atoms with Crippen molar-refractivity contribution in [1.82, 2.24) is 9.21 Å². The summed E-state index contributed by atoms with van der Waals surface area (Å²) in [5, 5.41) is -0.170. The smallest absolute Gasteiger partial charge is 0.263 e. The summed E-state index contributed by atoms with van der Waals surface area (Å²) in [4.78, 5) is 27.3. The van der Waals surface area contributed by atoms with E-state index in [9.17, 15) is 18.0 Å². The largest absolute Gasteiger partial charge is 0.269 e. The summed E-state index contributed by atoms with van der Waals surface area (Å²) in [6, 6.07) is 21.5. The molecule has 0 saturated carbocycles. The molecule has 3 aromatic rings. The molecule has 2 amide bonds. The molecular weight excluding hydrogens is 460 g/mol. The molecule has 1 atom stereocenters. The number of aryl methyl sites for hydroxylation is 1. The first-order chi connectivity index (χ1) is 15.7. The molecule has 0 radical (unpaired) electrons. The maximum Gasteiger partial charge on any atom is 0.263 e. The van der Waals surface area contributed by atoms with Crippen molar-refractivity contribution in [3.8, 4) is 0 Å². The molecule has 6 nitrogen and oxygen atoms in total. The van der Waals surface area contributed by atoms with Crippen molar-refractivity contribution in [3.05, 3.63) is 113 Å². The number of sulfonamides is 1. The Labute approximate surface area is 197 Å². The van der Waals surface area contributed by atoms with E-state index in [1.165, 1.54) is 24.3 Å². The van der Waals surface area contributed by atoms with E-state index >= 15 is 0 Å². The summed E-state index contributed by atoms with van der Waals surface area (Å²) in [7, 11) is -4.19. The molecule has 0 aliphatic carbocycles. The van der Waals surface area contributed by atoms with Crippen LogP contribution in [0.25, 0.3) is 0 Å². The minimum atomic E-state index is -4.19. The van der Waals surface area contributed by atoms with Gasteiger partial charge in [-0.2, -0.15) is 4.31 Å². The normalized spacial score (nSPS) is 14.5. The number of imide groups is 1. The van der Waals surface area contributed by atoms with Gasteiger partial charge < -0.3 is 0 Å². The number of rotatable bonds is 7. The van der Waals surface area contributed by atoms with Crippen molar-refractivity contribution in [3.63, 3.8) is 0 Å². The van der Waals surface area contributed by atoms with Crippen molar-refractivity contribution in [2.75, 3.05) is 0 Å². The Balaban J connectivity index is 1.86. The lowest BCUT2D eigenvalue weighted by molar-refractivity contribution is 0.0514. The van der Waals surface area contributed by atoms with Crippen LogP contribution in [-0.2, 0) is 16.6 Å². The third kappa shape index (κ3) is 4.23. The van der Waals surface area contributed by atoms with Crippen LogP contribution in [0.15, 0.2) is 95.4 Å². The molecule has 33 heavy (non-hydrogen) atoms. The fourth-order valence-electron chi connectivity index (χ4n) is 3.77. The standard InChI is InChI=1S/C25H21ClN2O4S/c1-17-12-14-20(15-13-17)33(31,32)27(16-19-8-4-3-5-9-19)23(18(2)26)28-24(29)21-10-6-7-11-22(21)25(28)30/h3-15,23H,2,16H2,1H3. The average Bonchev–Trinajstić information content (AvgIpc) is 3.05. The highest BCUT2D eigenvalue weighted by atomic mass is 35.5. The Hall–Kier alpha value is -3.26. The maximum atomic E-state index is 13.8. The van der Waals surface area contributed by atoms with E-state index in [0.29, 0.717) is 5.56 Å². The highest BCUT2D eigenvalue weighted by molar-refractivity contribution is 7.89. The molecule has 4 rings (SSSR count). The van der Waals surface area contributed by atoms with E-state index < -0.39 is 28.0 Å². The quantitative estimate of drug-likeness (QED) is 0.464. The number of carbonyl (C=O) groups excluding carboxylic acids is 2. The Kier molecular flexibility index (Phi) is 6.21. The van der Waals surface area contributed by atoms with E-state index in [2.05, 4.69) is 6.58 Å². The first-order valence-corrected chi connectivity index (χ1v) is 12.0. The van der Waals surface area contributed by atoms with E-state index in [1.807, 2.05) is 13.0 Å². The van der Waals surface area contributed by atoms with Crippen molar-refractivity contribution >= 4 is 33.4 Å². The third-order valence-electron chi connectivity index (χ3n) is 5.43. The zero-order valence-corrected chi connectivity index (χ0v) is 19.4. The van der Waals surface area contributed by atoms with Gasteiger partial charge in [-0.15, -0.1) is 0 Å². The third-order valence-corrected chi connectivity index (χ3v) is 7.44. The van der Waals surface area contributed by atoms with Gasteiger partial charge in [0, 0.05) is 11.6 Å². The first-order valence-electron chi connectivity index (χ1n) is 10.2. The monoisotopic (exact) mass is 480 g/mol. The van der Waals surface area contributed by atoms with E-state index in [0.717, 1.165) is 14.8 Å². The molecule has 1 aliphatic heterocycles. The molecule has 1 heterocycles. The molecule has 0 N–H and O–H groups in total. The Morgan fingerprint density at radius 1 is 0.909 bits per heavy atom. The fraction of sp³-hybridized carbons (Fsp3) is 0.120. The first kappa shape index (κ1) is 22.9. The number of fused-ring (bicyclic) bond motifs is 1. The molecule has 1 unspecified atom stereocenters. The number of amides is 2. The molecule has 1 aliphatic rings. The van der Waals surface area contributed by atoms with Gasteiger partial charge in [0.15, 0.2) is 0 Å². The Morgan fingerprint density at radius 2 is 1.42 bits per heavy atom. The molecular formula is C25H21ClN2O4S. The zero-order valence-electron chi connectivity index (χ0n) is 17.8. The van der Waals surface area contributed by atoms with Crippen LogP contribution in [0.5, 0.6) is 0 Å².